The van der Waals surface area contributed by atoms with Gasteiger partial charge in [-0.3, -0.25) is 9.78 Å². The molecule has 3 heterocycles. The normalized spacial score (nSPS) is 26.1. The lowest BCUT2D eigenvalue weighted by Gasteiger charge is -2.43. The third kappa shape index (κ3) is 1.90. The fourth-order valence-corrected chi connectivity index (χ4v) is 2.96. The molecule has 0 radical (unpaired) electrons. The number of fused-ring (bicyclic) bond motifs is 1. The molecule has 0 aliphatic carbocycles. The molecule has 19 heavy (non-hydrogen) atoms. The first-order valence-corrected chi connectivity index (χ1v) is 6.45. The Morgan fingerprint density at radius 1 is 1.53 bits per heavy atom. The third-order valence-electron chi connectivity index (χ3n) is 3.85. The van der Waals surface area contributed by atoms with Gasteiger partial charge in [0.05, 0.1) is 7.11 Å². The topological polar surface area (TPSA) is 54.5 Å². The van der Waals surface area contributed by atoms with Crippen molar-refractivity contribution in [3.63, 3.8) is 0 Å². The summed E-state index contributed by atoms with van der Waals surface area (Å²) >= 11 is 0. The van der Waals surface area contributed by atoms with Gasteiger partial charge in [-0.15, -0.1) is 0 Å². The number of aromatic nitrogens is 1. The Labute approximate surface area is 112 Å². The van der Waals surface area contributed by atoms with E-state index in [1.807, 2.05) is 23.1 Å². The second-order valence-corrected chi connectivity index (χ2v) is 4.91. The van der Waals surface area contributed by atoms with Gasteiger partial charge in [-0.05, 0) is 12.1 Å². The highest BCUT2D eigenvalue weighted by atomic mass is 16.5. The van der Waals surface area contributed by atoms with Crippen LogP contribution in [0.4, 0.5) is 0 Å². The lowest BCUT2D eigenvalue weighted by molar-refractivity contribution is -0.130. The van der Waals surface area contributed by atoms with Crippen molar-refractivity contribution in [1.29, 1.82) is 0 Å². The van der Waals surface area contributed by atoms with E-state index in [2.05, 4.69) is 10.3 Å². The van der Waals surface area contributed by atoms with Gasteiger partial charge < -0.3 is 15.0 Å². The summed E-state index contributed by atoms with van der Waals surface area (Å²) in [6.45, 7) is 2.23. The average Bonchev–Trinajstić information content (AvgIpc) is 2.73. The zero-order chi connectivity index (χ0) is 13.3. The van der Waals surface area contributed by atoms with E-state index in [4.69, 9.17) is 4.74 Å². The predicted molar refractivity (Wildman–Crippen MR) is 70.3 cm³/mol. The SMILES string of the molecule is COC1=CC(=O)N2CCNCC12Cc1ccccn1. The van der Waals surface area contributed by atoms with Crippen LogP contribution >= 0.6 is 0 Å². The molecular formula is C14H17N3O2. The number of hydrogen-bond donors (Lipinski definition) is 1. The van der Waals surface area contributed by atoms with E-state index in [0.717, 1.165) is 18.0 Å². The van der Waals surface area contributed by atoms with Crippen LogP contribution in [0, 0.1) is 0 Å². The number of carbonyl (C=O) groups excluding carboxylic acids is 1. The molecular weight excluding hydrogens is 242 g/mol. The number of hydrogen-bond acceptors (Lipinski definition) is 4. The molecule has 1 fully saturated rings. The second kappa shape index (κ2) is 4.66. The van der Waals surface area contributed by atoms with Crippen LogP contribution in [0.3, 0.4) is 0 Å². The molecule has 1 N–H and O–H groups in total. The van der Waals surface area contributed by atoms with Crippen molar-refractivity contribution in [2.24, 2.45) is 0 Å². The van der Waals surface area contributed by atoms with Crippen molar-refractivity contribution in [2.75, 3.05) is 26.7 Å². The zero-order valence-corrected chi connectivity index (χ0v) is 10.9. The number of carbonyl (C=O) groups is 1. The second-order valence-electron chi connectivity index (χ2n) is 4.91. The molecule has 5 heteroatoms. The number of piperazine rings is 1. The molecule has 1 unspecified atom stereocenters. The van der Waals surface area contributed by atoms with Crippen LogP contribution in [-0.2, 0) is 16.0 Å². The minimum atomic E-state index is -0.418. The highest BCUT2D eigenvalue weighted by molar-refractivity contribution is 5.92. The molecule has 5 nitrogen and oxygen atoms in total. The molecule has 1 saturated heterocycles. The summed E-state index contributed by atoms with van der Waals surface area (Å²) in [6, 6.07) is 5.84. The van der Waals surface area contributed by atoms with Crippen LogP contribution in [0.15, 0.2) is 36.2 Å². The van der Waals surface area contributed by atoms with Crippen LogP contribution < -0.4 is 5.32 Å². The first kappa shape index (κ1) is 12.2. The smallest absolute Gasteiger partial charge is 0.250 e. The first-order valence-electron chi connectivity index (χ1n) is 6.45. The van der Waals surface area contributed by atoms with Crippen LogP contribution in [0.1, 0.15) is 5.69 Å². The van der Waals surface area contributed by atoms with Gasteiger partial charge in [-0.25, -0.2) is 0 Å². The summed E-state index contributed by atoms with van der Waals surface area (Å²) in [5.41, 5.74) is 0.548. The number of rotatable bonds is 3. The molecule has 3 rings (SSSR count). The fourth-order valence-electron chi connectivity index (χ4n) is 2.96. The zero-order valence-electron chi connectivity index (χ0n) is 10.9. The van der Waals surface area contributed by atoms with Gasteiger partial charge in [0.15, 0.2) is 0 Å². The minimum Gasteiger partial charge on any atom is -0.498 e. The summed E-state index contributed by atoms with van der Waals surface area (Å²) in [7, 11) is 1.62. The van der Waals surface area contributed by atoms with Gasteiger partial charge in [0.25, 0.3) is 5.91 Å². The fraction of sp³-hybridized carbons (Fsp3) is 0.429. The van der Waals surface area contributed by atoms with E-state index in [-0.39, 0.29) is 5.91 Å². The van der Waals surface area contributed by atoms with Crippen molar-refractivity contribution in [3.8, 4) is 0 Å². The number of amides is 1. The van der Waals surface area contributed by atoms with Gasteiger partial charge in [-0.1, -0.05) is 6.07 Å². The average molecular weight is 259 g/mol. The third-order valence-corrected chi connectivity index (χ3v) is 3.85. The maximum Gasteiger partial charge on any atom is 0.250 e. The first-order chi connectivity index (χ1) is 9.26. The molecule has 1 atom stereocenters. The molecule has 100 valence electrons. The molecule has 1 aromatic rings. The number of nitrogens with zero attached hydrogens (tertiary/aromatic N) is 2. The van der Waals surface area contributed by atoms with Crippen LogP contribution in [0.25, 0.3) is 0 Å². The summed E-state index contributed by atoms with van der Waals surface area (Å²) in [6.07, 6.45) is 4.06. The molecule has 0 bridgehead atoms. The highest BCUT2D eigenvalue weighted by Gasteiger charge is 2.50. The number of nitrogens with one attached hydrogen (secondary N) is 1. The summed E-state index contributed by atoms with van der Waals surface area (Å²) in [5.74, 6) is 0.768. The van der Waals surface area contributed by atoms with Crippen molar-refractivity contribution < 1.29 is 9.53 Å². The van der Waals surface area contributed by atoms with E-state index in [9.17, 15) is 4.79 Å². The van der Waals surface area contributed by atoms with Crippen LogP contribution in [0.2, 0.25) is 0 Å². The van der Waals surface area contributed by atoms with Crippen molar-refractivity contribution >= 4 is 5.91 Å². The quantitative estimate of drug-likeness (QED) is 0.850. The highest BCUT2D eigenvalue weighted by Crippen LogP contribution is 2.35. The molecule has 0 saturated carbocycles. The maximum absolute atomic E-state index is 12.1. The largest absolute Gasteiger partial charge is 0.498 e. The number of methoxy groups -OCH3 is 1. The van der Waals surface area contributed by atoms with Gasteiger partial charge in [0, 0.05) is 44.0 Å². The maximum atomic E-state index is 12.1. The Morgan fingerprint density at radius 3 is 3.16 bits per heavy atom. The van der Waals surface area contributed by atoms with E-state index in [1.54, 1.807) is 19.4 Å². The van der Waals surface area contributed by atoms with Gasteiger partial charge in [0.2, 0.25) is 0 Å². The minimum absolute atomic E-state index is 0.0364. The molecule has 0 aromatic carbocycles. The Hall–Kier alpha value is -1.88. The van der Waals surface area contributed by atoms with Gasteiger partial charge in [-0.2, -0.15) is 0 Å². The summed E-state index contributed by atoms with van der Waals surface area (Å²) in [4.78, 5) is 18.4. The van der Waals surface area contributed by atoms with Crippen molar-refractivity contribution in [3.05, 3.63) is 41.9 Å². The van der Waals surface area contributed by atoms with Gasteiger partial charge >= 0.3 is 0 Å². The monoisotopic (exact) mass is 259 g/mol. The van der Waals surface area contributed by atoms with Crippen molar-refractivity contribution in [2.45, 2.75) is 12.0 Å². The number of ether oxygens (including phenoxy) is 1. The van der Waals surface area contributed by atoms with E-state index >= 15 is 0 Å². The van der Waals surface area contributed by atoms with Crippen molar-refractivity contribution in [1.82, 2.24) is 15.2 Å². The summed E-state index contributed by atoms with van der Waals surface area (Å²) in [5, 5.41) is 3.36. The standard InChI is InChI=1S/C14H17N3O2/c1-19-12-8-13(18)17-7-6-15-10-14(12,17)9-11-4-2-3-5-16-11/h2-5,8,15H,6-7,9-10H2,1H3. The molecule has 1 aromatic heterocycles. The molecule has 2 aliphatic heterocycles. The Bertz CT molecular complexity index is 515. The van der Waals surface area contributed by atoms with E-state index < -0.39 is 5.54 Å². The predicted octanol–water partition coefficient (Wildman–Crippen LogP) is 0.339. The van der Waals surface area contributed by atoms with Gasteiger partial charge in [0.1, 0.15) is 11.3 Å². The lowest BCUT2D eigenvalue weighted by atomic mass is 9.89. The lowest BCUT2D eigenvalue weighted by Crippen LogP contribution is -2.62. The Balaban J connectivity index is 1.97. The molecule has 2 aliphatic rings. The summed E-state index contributed by atoms with van der Waals surface area (Å²) < 4.78 is 5.46. The Morgan fingerprint density at radius 2 is 2.42 bits per heavy atom. The molecule has 1 amide bonds. The number of pyridine rings is 1. The Kier molecular flexibility index (Phi) is 2.98. The van der Waals surface area contributed by atoms with E-state index in [0.29, 0.717) is 19.5 Å². The molecule has 0 spiro atoms. The van der Waals surface area contributed by atoms with Crippen LogP contribution in [0.5, 0.6) is 0 Å². The van der Waals surface area contributed by atoms with E-state index in [1.165, 1.54) is 0 Å². The van der Waals surface area contributed by atoms with Crippen LogP contribution in [-0.4, -0.2) is 48.1 Å².